The van der Waals surface area contributed by atoms with Crippen LogP contribution in [-0.4, -0.2) is 35.7 Å². The molecule has 0 atom stereocenters. The van der Waals surface area contributed by atoms with Crippen molar-refractivity contribution in [3.63, 3.8) is 0 Å². The molecule has 10 heteroatoms. The van der Waals surface area contributed by atoms with E-state index in [4.69, 9.17) is 0 Å². The van der Waals surface area contributed by atoms with Gasteiger partial charge in [-0.3, -0.25) is 14.9 Å². The van der Waals surface area contributed by atoms with Crippen molar-refractivity contribution in [1.29, 1.82) is 0 Å². The SMILES string of the molecule is O=C(Nc1cc2nc(-c3ccccc3)nn2cc1F)c1[nH]ncc1-c1cc(F)ccn1. The number of nitrogens with zero attached hydrogens (tertiary/aromatic N) is 5. The third-order valence-electron chi connectivity index (χ3n) is 4.57. The van der Waals surface area contributed by atoms with E-state index in [1.807, 2.05) is 30.3 Å². The third-order valence-corrected chi connectivity index (χ3v) is 4.57. The first-order valence-electron chi connectivity index (χ1n) is 9.16. The van der Waals surface area contributed by atoms with Crippen LogP contribution in [0.25, 0.3) is 28.3 Å². The van der Waals surface area contributed by atoms with Gasteiger partial charge in [0.2, 0.25) is 0 Å². The molecule has 0 aliphatic rings. The van der Waals surface area contributed by atoms with Gasteiger partial charge in [0, 0.05) is 23.9 Å². The molecule has 5 rings (SSSR count). The number of hydrogen-bond acceptors (Lipinski definition) is 5. The van der Waals surface area contributed by atoms with E-state index < -0.39 is 17.5 Å². The van der Waals surface area contributed by atoms with Gasteiger partial charge in [-0.1, -0.05) is 30.3 Å². The number of pyridine rings is 2. The van der Waals surface area contributed by atoms with Crippen LogP contribution in [0.2, 0.25) is 0 Å². The second-order valence-electron chi connectivity index (χ2n) is 6.61. The van der Waals surface area contributed by atoms with Gasteiger partial charge in [0.25, 0.3) is 5.91 Å². The smallest absolute Gasteiger partial charge is 0.274 e. The molecule has 2 N–H and O–H groups in total. The third kappa shape index (κ3) is 3.50. The van der Waals surface area contributed by atoms with E-state index in [9.17, 15) is 13.6 Å². The highest BCUT2D eigenvalue weighted by molar-refractivity contribution is 6.07. The van der Waals surface area contributed by atoms with E-state index in [2.05, 4.69) is 30.6 Å². The Morgan fingerprint density at radius 3 is 2.74 bits per heavy atom. The molecule has 31 heavy (non-hydrogen) atoms. The lowest BCUT2D eigenvalue weighted by molar-refractivity contribution is 0.102. The van der Waals surface area contributed by atoms with Gasteiger partial charge in [0.05, 0.1) is 29.3 Å². The number of amides is 1. The Balaban J connectivity index is 1.46. The highest BCUT2D eigenvalue weighted by atomic mass is 19.1. The number of aromatic nitrogens is 6. The van der Waals surface area contributed by atoms with Gasteiger partial charge >= 0.3 is 0 Å². The highest BCUT2D eigenvalue weighted by Gasteiger charge is 2.19. The number of aromatic amines is 1. The number of rotatable bonds is 4. The van der Waals surface area contributed by atoms with E-state index in [0.29, 0.717) is 11.5 Å². The molecule has 4 heterocycles. The number of carbonyl (C=O) groups excluding carboxylic acids is 1. The van der Waals surface area contributed by atoms with Crippen LogP contribution in [0.5, 0.6) is 0 Å². The lowest BCUT2D eigenvalue weighted by atomic mass is 10.1. The number of carbonyl (C=O) groups is 1. The standard InChI is InChI=1S/C21H13F2N7O/c22-13-6-7-24-16(8-13)14-10-25-28-19(14)21(31)26-17-9-18-27-20(12-4-2-1-3-5-12)29-30(18)11-15(17)23/h1-11H,(H,25,28)(H,26,31). The minimum atomic E-state index is -0.699. The maximum atomic E-state index is 14.6. The van der Waals surface area contributed by atoms with Gasteiger partial charge in [-0.2, -0.15) is 5.10 Å². The first kappa shape index (κ1) is 18.6. The fourth-order valence-electron chi connectivity index (χ4n) is 3.10. The summed E-state index contributed by atoms with van der Waals surface area (Å²) < 4.78 is 29.4. The van der Waals surface area contributed by atoms with Gasteiger partial charge in [0.15, 0.2) is 17.3 Å². The average Bonchev–Trinajstić information content (AvgIpc) is 3.42. The summed E-state index contributed by atoms with van der Waals surface area (Å²) in [6, 6.07) is 13.0. The number of anilines is 1. The van der Waals surface area contributed by atoms with E-state index in [1.54, 1.807) is 0 Å². The summed E-state index contributed by atoms with van der Waals surface area (Å²) >= 11 is 0. The van der Waals surface area contributed by atoms with Gasteiger partial charge < -0.3 is 5.32 Å². The Morgan fingerprint density at radius 1 is 1.10 bits per heavy atom. The Kier molecular flexibility index (Phi) is 4.43. The molecule has 0 aliphatic heterocycles. The zero-order valence-electron chi connectivity index (χ0n) is 15.8. The van der Waals surface area contributed by atoms with Gasteiger partial charge in [0.1, 0.15) is 11.5 Å². The van der Waals surface area contributed by atoms with Crippen LogP contribution in [0, 0.1) is 11.6 Å². The highest BCUT2D eigenvalue weighted by Crippen LogP contribution is 2.24. The van der Waals surface area contributed by atoms with E-state index >= 15 is 0 Å². The van der Waals surface area contributed by atoms with Crippen molar-refractivity contribution in [2.45, 2.75) is 0 Å². The molecule has 0 bridgehead atoms. The van der Waals surface area contributed by atoms with Crippen molar-refractivity contribution in [3.8, 4) is 22.6 Å². The van der Waals surface area contributed by atoms with E-state index in [-0.39, 0.29) is 22.6 Å². The molecule has 0 fully saturated rings. The topological polar surface area (TPSA) is 101 Å². The number of halogens is 2. The van der Waals surface area contributed by atoms with Crippen LogP contribution in [0.4, 0.5) is 14.5 Å². The summed E-state index contributed by atoms with van der Waals surface area (Å²) in [7, 11) is 0. The van der Waals surface area contributed by atoms with Gasteiger partial charge in [-0.15, -0.1) is 5.10 Å². The lowest BCUT2D eigenvalue weighted by Crippen LogP contribution is -2.15. The summed E-state index contributed by atoms with van der Waals surface area (Å²) in [6.07, 6.45) is 3.76. The van der Waals surface area contributed by atoms with Crippen molar-refractivity contribution >= 4 is 17.2 Å². The predicted molar refractivity (Wildman–Crippen MR) is 108 cm³/mol. The molecule has 0 aliphatic carbocycles. The molecule has 1 amide bonds. The summed E-state index contributed by atoms with van der Waals surface area (Å²) in [4.78, 5) is 21.2. The Labute approximate surface area is 173 Å². The molecular weight excluding hydrogens is 404 g/mol. The minimum Gasteiger partial charge on any atom is -0.318 e. The number of nitrogens with one attached hydrogen (secondary N) is 2. The lowest BCUT2D eigenvalue weighted by Gasteiger charge is -2.07. The first-order chi connectivity index (χ1) is 15.1. The van der Waals surface area contributed by atoms with Crippen LogP contribution in [-0.2, 0) is 0 Å². The van der Waals surface area contributed by atoms with Crippen molar-refractivity contribution in [2.24, 2.45) is 0 Å². The largest absolute Gasteiger partial charge is 0.318 e. The van der Waals surface area contributed by atoms with Gasteiger partial charge in [-0.25, -0.2) is 18.3 Å². The normalized spacial score (nSPS) is 11.0. The zero-order chi connectivity index (χ0) is 21.4. The molecule has 5 aromatic rings. The quantitative estimate of drug-likeness (QED) is 0.464. The minimum absolute atomic E-state index is 0.0174. The summed E-state index contributed by atoms with van der Waals surface area (Å²) in [5.74, 6) is -1.44. The average molecular weight is 417 g/mol. The number of benzene rings is 1. The molecule has 152 valence electrons. The molecule has 0 radical (unpaired) electrons. The maximum Gasteiger partial charge on any atom is 0.274 e. The summed E-state index contributed by atoms with van der Waals surface area (Å²) in [6.45, 7) is 0. The van der Waals surface area contributed by atoms with E-state index in [1.165, 1.54) is 35.1 Å². The number of fused-ring (bicyclic) bond motifs is 1. The van der Waals surface area contributed by atoms with Crippen molar-refractivity contribution in [3.05, 3.63) is 84.4 Å². The summed E-state index contributed by atoms with van der Waals surface area (Å²) in [5, 5.41) is 13.1. The second kappa shape index (κ2) is 7.41. The molecule has 8 nitrogen and oxygen atoms in total. The molecule has 1 aromatic carbocycles. The predicted octanol–water partition coefficient (Wildman–Crippen LogP) is 3.71. The molecular formula is C21H13F2N7O. The maximum absolute atomic E-state index is 14.6. The van der Waals surface area contributed by atoms with Crippen molar-refractivity contribution in [2.75, 3.05) is 5.32 Å². The van der Waals surface area contributed by atoms with Crippen molar-refractivity contribution in [1.82, 2.24) is 29.8 Å². The van der Waals surface area contributed by atoms with Crippen LogP contribution in [0.1, 0.15) is 10.5 Å². The monoisotopic (exact) mass is 417 g/mol. The fourth-order valence-corrected chi connectivity index (χ4v) is 3.10. The molecule has 4 aromatic heterocycles. The molecule has 0 unspecified atom stereocenters. The molecule has 0 spiro atoms. The van der Waals surface area contributed by atoms with Crippen LogP contribution >= 0.6 is 0 Å². The Bertz CT molecular complexity index is 1410. The zero-order valence-corrected chi connectivity index (χ0v) is 15.8. The summed E-state index contributed by atoms with van der Waals surface area (Å²) in [5.41, 5.74) is 1.57. The Morgan fingerprint density at radius 2 is 1.94 bits per heavy atom. The number of H-pyrrole nitrogens is 1. The van der Waals surface area contributed by atoms with Crippen LogP contribution in [0.15, 0.2) is 67.1 Å². The number of hydrogen-bond donors (Lipinski definition) is 2. The first-order valence-corrected chi connectivity index (χ1v) is 9.16. The van der Waals surface area contributed by atoms with Crippen LogP contribution in [0.3, 0.4) is 0 Å². The second-order valence-corrected chi connectivity index (χ2v) is 6.61. The molecule has 0 saturated heterocycles. The Hall–Kier alpha value is -4.47. The van der Waals surface area contributed by atoms with Gasteiger partial charge in [-0.05, 0) is 6.07 Å². The van der Waals surface area contributed by atoms with E-state index in [0.717, 1.165) is 11.8 Å². The molecule has 0 saturated carbocycles. The van der Waals surface area contributed by atoms with Crippen molar-refractivity contribution < 1.29 is 13.6 Å². The van der Waals surface area contributed by atoms with Crippen LogP contribution < -0.4 is 5.32 Å². The fraction of sp³-hybridized carbons (Fsp3) is 0.